The van der Waals surface area contributed by atoms with Crippen molar-refractivity contribution in [3.05, 3.63) is 126 Å². The third-order valence-corrected chi connectivity index (χ3v) is 8.02. The summed E-state index contributed by atoms with van der Waals surface area (Å²) < 4.78 is 0. The van der Waals surface area contributed by atoms with E-state index in [-0.39, 0.29) is 0 Å². The molecule has 3 aromatic carbocycles. The lowest BCUT2D eigenvalue weighted by molar-refractivity contribution is 0.354. The van der Waals surface area contributed by atoms with Crippen LogP contribution < -0.4 is 0 Å². The molecule has 1 aliphatic rings. The number of para-hydroxylation sites is 3. The van der Waals surface area contributed by atoms with Gasteiger partial charge in [0.1, 0.15) is 0 Å². The van der Waals surface area contributed by atoms with Crippen LogP contribution >= 0.6 is 0 Å². The molecule has 36 heavy (non-hydrogen) atoms. The Balaban J connectivity index is 1.39. The first-order chi connectivity index (χ1) is 17.8. The first-order valence-corrected chi connectivity index (χ1v) is 12.9. The summed E-state index contributed by atoms with van der Waals surface area (Å²) in [5.74, 6) is 1.22. The number of hydrogen-bond acceptors (Lipinski definition) is 3. The maximum atomic E-state index is 4.83. The van der Waals surface area contributed by atoms with Gasteiger partial charge < -0.3 is 0 Å². The van der Waals surface area contributed by atoms with Gasteiger partial charge in [-0.25, -0.2) is 0 Å². The molecule has 0 spiro atoms. The van der Waals surface area contributed by atoms with E-state index in [0.717, 1.165) is 35.8 Å². The van der Waals surface area contributed by atoms with E-state index >= 15 is 0 Å². The highest BCUT2D eigenvalue weighted by atomic mass is 14.7. The maximum absolute atomic E-state index is 4.83. The van der Waals surface area contributed by atoms with Crippen molar-refractivity contribution in [2.24, 2.45) is 0 Å². The van der Waals surface area contributed by atoms with Gasteiger partial charge in [-0.1, -0.05) is 72.8 Å². The summed E-state index contributed by atoms with van der Waals surface area (Å²) in [7, 11) is 0. The second-order valence-electron chi connectivity index (χ2n) is 10.1. The molecular weight excluding hydrogens is 438 g/mol. The Labute approximate surface area is 210 Å². The lowest BCUT2D eigenvalue weighted by Crippen LogP contribution is -2.21. The van der Waals surface area contributed by atoms with Gasteiger partial charge in [-0.05, 0) is 71.9 Å². The van der Waals surface area contributed by atoms with Crippen LogP contribution in [0, 0.1) is 0 Å². The second kappa shape index (κ2) is 8.83. The summed E-state index contributed by atoms with van der Waals surface area (Å²) in [5, 5.41) is 3.65. The van der Waals surface area contributed by atoms with Gasteiger partial charge >= 0.3 is 0 Å². The van der Waals surface area contributed by atoms with Crippen molar-refractivity contribution in [2.45, 2.75) is 37.0 Å². The molecule has 1 fully saturated rings. The van der Waals surface area contributed by atoms with Crippen LogP contribution in [0.1, 0.15) is 53.7 Å². The molecule has 3 aromatic heterocycles. The van der Waals surface area contributed by atoms with Crippen LogP contribution in [0.25, 0.3) is 32.7 Å². The van der Waals surface area contributed by atoms with E-state index in [2.05, 4.69) is 72.8 Å². The van der Waals surface area contributed by atoms with Gasteiger partial charge in [0.25, 0.3) is 0 Å². The molecule has 0 aliphatic heterocycles. The van der Waals surface area contributed by atoms with Crippen LogP contribution in [0.4, 0.5) is 0 Å². The Morgan fingerprint density at radius 2 is 0.694 bits per heavy atom. The van der Waals surface area contributed by atoms with Crippen molar-refractivity contribution < 1.29 is 0 Å². The lowest BCUT2D eigenvalue weighted by Gasteiger charge is -2.36. The summed E-state index contributed by atoms with van der Waals surface area (Å²) in [6.45, 7) is 0. The van der Waals surface area contributed by atoms with Gasteiger partial charge in [0.05, 0.1) is 16.6 Å². The van der Waals surface area contributed by atoms with Crippen LogP contribution in [0.3, 0.4) is 0 Å². The van der Waals surface area contributed by atoms with Crippen molar-refractivity contribution >= 4 is 32.7 Å². The fraction of sp³-hybridized carbons (Fsp3) is 0.182. The van der Waals surface area contributed by atoms with Gasteiger partial charge in [0.2, 0.25) is 0 Å². The van der Waals surface area contributed by atoms with Crippen molar-refractivity contribution in [1.82, 2.24) is 15.0 Å². The van der Waals surface area contributed by atoms with Crippen molar-refractivity contribution in [3.63, 3.8) is 0 Å². The van der Waals surface area contributed by atoms with Crippen LogP contribution in [0.5, 0.6) is 0 Å². The number of pyridine rings is 3. The predicted molar refractivity (Wildman–Crippen MR) is 147 cm³/mol. The largest absolute Gasteiger partial charge is 0.256 e. The molecule has 3 heterocycles. The summed E-state index contributed by atoms with van der Waals surface area (Å²) in [6, 6.07) is 32.6. The molecule has 3 nitrogen and oxygen atoms in total. The molecular formula is C33H27N3. The molecule has 1 aliphatic carbocycles. The first-order valence-electron chi connectivity index (χ1n) is 12.9. The molecule has 0 atom stereocenters. The van der Waals surface area contributed by atoms with Crippen LogP contribution in [-0.2, 0) is 0 Å². The Morgan fingerprint density at radius 1 is 0.389 bits per heavy atom. The molecule has 0 amide bonds. The van der Waals surface area contributed by atoms with Crippen LogP contribution in [0.15, 0.2) is 110 Å². The minimum atomic E-state index is 0.408. The Morgan fingerprint density at radius 3 is 1.03 bits per heavy atom. The average molecular weight is 466 g/mol. The van der Waals surface area contributed by atoms with E-state index in [1.807, 2.05) is 36.8 Å². The van der Waals surface area contributed by atoms with E-state index in [0.29, 0.717) is 17.8 Å². The molecule has 7 rings (SSSR count). The minimum absolute atomic E-state index is 0.408. The minimum Gasteiger partial charge on any atom is -0.256 e. The normalized spacial score (nSPS) is 20.2. The van der Waals surface area contributed by atoms with Crippen LogP contribution in [0.2, 0.25) is 0 Å². The summed E-state index contributed by atoms with van der Waals surface area (Å²) in [5.41, 5.74) is 7.50. The lowest BCUT2D eigenvalue weighted by atomic mass is 9.68. The summed E-state index contributed by atoms with van der Waals surface area (Å²) in [4.78, 5) is 14.5. The van der Waals surface area contributed by atoms with Gasteiger partial charge in [-0.3, -0.25) is 15.0 Å². The van der Waals surface area contributed by atoms with Crippen molar-refractivity contribution in [3.8, 4) is 0 Å². The maximum Gasteiger partial charge on any atom is 0.0736 e. The molecule has 0 radical (unpaired) electrons. The fourth-order valence-electron chi connectivity index (χ4n) is 6.45. The van der Waals surface area contributed by atoms with Crippen molar-refractivity contribution in [2.75, 3.05) is 0 Å². The van der Waals surface area contributed by atoms with E-state index < -0.39 is 0 Å². The monoisotopic (exact) mass is 465 g/mol. The molecule has 0 bridgehead atoms. The van der Waals surface area contributed by atoms with Gasteiger partial charge in [0, 0.05) is 34.7 Å². The van der Waals surface area contributed by atoms with Gasteiger partial charge in [-0.2, -0.15) is 0 Å². The zero-order valence-corrected chi connectivity index (χ0v) is 20.1. The Hall–Kier alpha value is -4.11. The second-order valence-corrected chi connectivity index (χ2v) is 10.1. The molecule has 1 saturated carbocycles. The third-order valence-electron chi connectivity index (χ3n) is 8.02. The van der Waals surface area contributed by atoms with E-state index in [4.69, 9.17) is 15.0 Å². The first kappa shape index (κ1) is 21.2. The molecule has 0 N–H and O–H groups in total. The highest BCUT2D eigenvalue weighted by Crippen LogP contribution is 2.50. The number of benzene rings is 3. The standard InChI is InChI=1S/C33H27N3/c1-7-22-10-4-16-34-31(22)28(13-1)25-19-26(29-14-2-8-23-11-5-17-35-32(23)29)21-27(20-25)30-15-3-9-24-12-6-18-36-33(24)30/h1-18,25-27H,19-21H2. The van der Waals surface area contributed by atoms with E-state index in [1.54, 1.807) is 0 Å². The van der Waals surface area contributed by atoms with Crippen molar-refractivity contribution in [1.29, 1.82) is 0 Å². The molecule has 0 saturated heterocycles. The third kappa shape index (κ3) is 3.63. The highest BCUT2D eigenvalue weighted by molar-refractivity contribution is 5.84. The molecule has 6 aromatic rings. The van der Waals surface area contributed by atoms with E-state index in [9.17, 15) is 0 Å². The van der Waals surface area contributed by atoms with Gasteiger partial charge in [0.15, 0.2) is 0 Å². The number of nitrogens with zero attached hydrogens (tertiary/aromatic N) is 3. The number of aromatic nitrogens is 3. The SMILES string of the molecule is c1cnc2c(C3CC(c4cccc5cccnc45)CC(c4cccc5cccnc45)C3)cccc2c1. The Bertz CT molecular complexity index is 1480. The number of fused-ring (bicyclic) bond motifs is 3. The highest BCUT2D eigenvalue weighted by Gasteiger charge is 2.34. The fourth-order valence-corrected chi connectivity index (χ4v) is 6.45. The summed E-state index contributed by atoms with van der Waals surface area (Å²) in [6.07, 6.45) is 9.06. The molecule has 3 heteroatoms. The van der Waals surface area contributed by atoms with E-state index in [1.165, 1.54) is 32.8 Å². The zero-order valence-electron chi connectivity index (χ0n) is 20.1. The number of rotatable bonds is 3. The topological polar surface area (TPSA) is 38.7 Å². The smallest absolute Gasteiger partial charge is 0.0736 e. The Kier molecular flexibility index (Phi) is 5.20. The number of hydrogen-bond donors (Lipinski definition) is 0. The van der Waals surface area contributed by atoms with Crippen LogP contribution in [-0.4, -0.2) is 15.0 Å². The zero-order chi connectivity index (χ0) is 23.9. The predicted octanol–water partition coefficient (Wildman–Crippen LogP) is 8.17. The molecule has 174 valence electrons. The molecule has 0 unspecified atom stereocenters. The van der Waals surface area contributed by atoms with Gasteiger partial charge in [-0.15, -0.1) is 0 Å². The average Bonchev–Trinajstić information content (AvgIpc) is 2.96. The quantitative estimate of drug-likeness (QED) is 0.265. The summed E-state index contributed by atoms with van der Waals surface area (Å²) >= 11 is 0.